The number of carbonyl (C=O) groups excluding carboxylic acids is 1. The topological polar surface area (TPSA) is 35.6 Å². The van der Waals surface area contributed by atoms with E-state index in [0.29, 0.717) is 25.6 Å². The van der Waals surface area contributed by atoms with Gasteiger partial charge in [-0.1, -0.05) is 37.3 Å². The highest BCUT2D eigenvalue weighted by Crippen LogP contribution is 2.47. The number of hydrogen-bond acceptors (Lipinski definition) is 3. The average Bonchev–Trinajstić information content (AvgIpc) is 3.12. The molecule has 1 atom stereocenters. The number of nitrogens with zero attached hydrogens (tertiary/aromatic N) is 2. The molecule has 3 rings (SSSR count). The van der Waals surface area contributed by atoms with Gasteiger partial charge in [-0.2, -0.15) is 13.2 Å². The van der Waals surface area contributed by atoms with E-state index in [1.807, 2.05) is 37.3 Å². The Morgan fingerprint density at radius 2 is 1.86 bits per heavy atom. The van der Waals surface area contributed by atoms with Crippen molar-refractivity contribution in [3.05, 3.63) is 35.9 Å². The molecular weight excluding hydrogens is 367 g/mol. The highest BCUT2D eigenvalue weighted by atomic mass is 19.4. The maximum Gasteiger partial charge on any atom is 0.404 e. The minimum atomic E-state index is -4.53. The first kappa shape index (κ1) is 21.1. The van der Waals surface area contributed by atoms with E-state index in [-0.39, 0.29) is 19.5 Å². The highest BCUT2D eigenvalue weighted by Gasteiger charge is 2.64. The van der Waals surface area contributed by atoms with Crippen molar-refractivity contribution in [3.8, 4) is 0 Å². The van der Waals surface area contributed by atoms with E-state index >= 15 is 0 Å². The highest BCUT2D eigenvalue weighted by molar-refractivity contribution is 5.84. The molecule has 0 saturated carbocycles. The monoisotopic (exact) mass is 397 g/mol. The molecule has 1 aromatic carbocycles. The molecule has 2 aliphatic heterocycles. The number of amides is 1. The van der Waals surface area contributed by atoms with Crippen LogP contribution in [0.1, 0.15) is 31.7 Å². The second-order valence-electron chi connectivity index (χ2n) is 8.07. The number of hydrogen-bond donors (Lipinski definition) is 1. The molecule has 0 aliphatic carbocycles. The molecule has 0 radical (unpaired) electrons. The van der Waals surface area contributed by atoms with Gasteiger partial charge in [0.25, 0.3) is 0 Å². The molecule has 0 aromatic heterocycles. The van der Waals surface area contributed by atoms with Gasteiger partial charge in [0.2, 0.25) is 5.91 Å². The zero-order valence-corrected chi connectivity index (χ0v) is 16.5. The Kier molecular flexibility index (Phi) is 6.65. The quantitative estimate of drug-likeness (QED) is 0.800. The van der Waals surface area contributed by atoms with Crippen LogP contribution in [0, 0.1) is 11.3 Å². The molecule has 1 aromatic rings. The maximum atomic E-state index is 14.1. The smallest absolute Gasteiger partial charge is 0.342 e. The van der Waals surface area contributed by atoms with Gasteiger partial charge in [0, 0.05) is 26.2 Å². The van der Waals surface area contributed by atoms with Crippen molar-refractivity contribution in [1.29, 1.82) is 0 Å². The van der Waals surface area contributed by atoms with E-state index in [4.69, 9.17) is 0 Å². The van der Waals surface area contributed by atoms with E-state index in [0.717, 1.165) is 31.5 Å². The van der Waals surface area contributed by atoms with Crippen LogP contribution in [0.5, 0.6) is 0 Å². The average molecular weight is 397 g/mol. The Labute approximate surface area is 165 Å². The van der Waals surface area contributed by atoms with Crippen molar-refractivity contribution in [3.63, 3.8) is 0 Å². The lowest BCUT2D eigenvalue weighted by Crippen LogP contribution is -2.55. The Morgan fingerprint density at radius 1 is 1.18 bits per heavy atom. The largest absolute Gasteiger partial charge is 0.404 e. The Morgan fingerprint density at radius 3 is 2.46 bits per heavy atom. The van der Waals surface area contributed by atoms with Gasteiger partial charge in [-0.3, -0.25) is 9.69 Å². The van der Waals surface area contributed by atoms with Gasteiger partial charge in [-0.05, 0) is 50.4 Å². The van der Waals surface area contributed by atoms with Crippen LogP contribution in [0.2, 0.25) is 0 Å². The van der Waals surface area contributed by atoms with Crippen LogP contribution in [0.15, 0.2) is 30.3 Å². The minimum absolute atomic E-state index is 0.153. The van der Waals surface area contributed by atoms with E-state index in [9.17, 15) is 18.0 Å². The van der Waals surface area contributed by atoms with Gasteiger partial charge in [0.05, 0.1) is 0 Å². The van der Waals surface area contributed by atoms with Crippen molar-refractivity contribution in [1.82, 2.24) is 15.1 Å². The van der Waals surface area contributed by atoms with Crippen molar-refractivity contribution in [2.75, 3.05) is 39.3 Å². The van der Waals surface area contributed by atoms with Crippen molar-refractivity contribution < 1.29 is 18.0 Å². The summed E-state index contributed by atoms with van der Waals surface area (Å²) in [5, 5.41) is 3.29. The molecule has 2 fully saturated rings. The second kappa shape index (κ2) is 8.82. The van der Waals surface area contributed by atoms with Crippen LogP contribution in [-0.2, 0) is 11.3 Å². The van der Waals surface area contributed by atoms with Gasteiger partial charge in [0.15, 0.2) is 5.41 Å². The van der Waals surface area contributed by atoms with Crippen LogP contribution in [0.3, 0.4) is 0 Å². The summed E-state index contributed by atoms with van der Waals surface area (Å²) in [6.07, 6.45) is -3.16. The first-order valence-electron chi connectivity index (χ1n) is 10.2. The van der Waals surface area contributed by atoms with E-state index < -0.39 is 17.5 Å². The molecule has 0 spiro atoms. The molecule has 2 aliphatic rings. The van der Waals surface area contributed by atoms with Crippen molar-refractivity contribution in [2.45, 2.75) is 38.9 Å². The first-order chi connectivity index (χ1) is 13.4. The summed E-state index contributed by atoms with van der Waals surface area (Å²) in [5.41, 5.74) is -1.30. The number of likely N-dealkylation sites (tertiary alicyclic amines) is 2. The van der Waals surface area contributed by atoms with Crippen molar-refractivity contribution in [2.24, 2.45) is 11.3 Å². The summed E-state index contributed by atoms with van der Waals surface area (Å²) >= 11 is 0. The molecule has 4 nitrogen and oxygen atoms in total. The molecule has 0 bridgehead atoms. The molecule has 1 N–H and O–H groups in total. The van der Waals surface area contributed by atoms with Crippen LogP contribution < -0.4 is 5.32 Å². The lowest BCUT2D eigenvalue weighted by atomic mass is 9.83. The van der Waals surface area contributed by atoms with E-state index in [1.165, 1.54) is 4.90 Å². The normalized spacial score (nSPS) is 24.6. The standard InChI is InChI=1S/C21H30F3N3O/c1-2-25-14-17-8-11-27(12-9-17)19(28)20(21(22,23)24)10-13-26(16-20)15-18-6-4-3-5-7-18/h3-7,17,25H,2,8-16H2,1H3. The Bertz CT molecular complexity index is 644. The number of rotatable bonds is 6. The number of nitrogens with one attached hydrogen (secondary N) is 1. The number of benzene rings is 1. The zero-order valence-electron chi connectivity index (χ0n) is 16.5. The molecule has 1 amide bonds. The maximum absolute atomic E-state index is 14.1. The number of alkyl halides is 3. The van der Waals surface area contributed by atoms with Crippen LogP contribution in [0.4, 0.5) is 13.2 Å². The number of carbonyl (C=O) groups is 1. The first-order valence-corrected chi connectivity index (χ1v) is 10.2. The third-order valence-electron chi connectivity index (χ3n) is 6.13. The molecule has 2 saturated heterocycles. The molecule has 28 heavy (non-hydrogen) atoms. The van der Waals surface area contributed by atoms with Gasteiger partial charge in [-0.25, -0.2) is 0 Å². The number of halogens is 3. The number of piperidine rings is 1. The molecule has 7 heteroatoms. The lowest BCUT2D eigenvalue weighted by Gasteiger charge is -2.39. The minimum Gasteiger partial charge on any atom is -0.342 e. The summed E-state index contributed by atoms with van der Waals surface area (Å²) in [6.45, 7) is 5.11. The summed E-state index contributed by atoms with van der Waals surface area (Å²) in [5.74, 6) is -0.290. The molecular formula is C21H30F3N3O. The second-order valence-corrected chi connectivity index (χ2v) is 8.07. The predicted octanol–water partition coefficient (Wildman–Crippen LogP) is 3.29. The van der Waals surface area contributed by atoms with Gasteiger partial charge >= 0.3 is 6.18 Å². The summed E-state index contributed by atoms with van der Waals surface area (Å²) in [4.78, 5) is 16.3. The fourth-order valence-electron chi connectivity index (χ4n) is 4.38. The summed E-state index contributed by atoms with van der Waals surface area (Å²) < 4.78 is 42.3. The van der Waals surface area contributed by atoms with Gasteiger partial charge in [-0.15, -0.1) is 0 Å². The lowest BCUT2D eigenvalue weighted by molar-refractivity contribution is -0.224. The van der Waals surface area contributed by atoms with Gasteiger partial charge < -0.3 is 10.2 Å². The Hall–Kier alpha value is -1.60. The summed E-state index contributed by atoms with van der Waals surface area (Å²) in [6, 6.07) is 9.46. The van der Waals surface area contributed by atoms with Crippen LogP contribution >= 0.6 is 0 Å². The predicted molar refractivity (Wildman–Crippen MR) is 103 cm³/mol. The molecule has 2 heterocycles. The fourth-order valence-corrected chi connectivity index (χ4v) is 4.38. The van der Waals surface area contributed by atoms with Crippen LogP contribution in [0.25, 0.3) is 0 Å². The third-order valence-corrected chi connectivity index (χ3v) is 6.13. The third kappa shape index (κ3) is 4.51. The SMILES string of the molecule is CCNCC1CCN(C(=O)C2(C(F)(F)F)CCN(Cc3ccccc3)C2)CC1. The van der Waals surface area contributed by atoms with Gasteiger partial charge in [0.1, 0.15) is 0 Å². The molecule has 1 unspecified atom stereocenters. The van der Waals surface area contributed by atoms with Crippen molar-refractivity contribution >= 4 is 5.91 Å². The van der Waals surface area contributed by atoms with E-state index in [2.05, 4.69) is 5.32 Å². The Balaban J connectivity index is 1.66. The van der Waals surface area contributed by atoms with E-state index in [1.54, 1.807) is 4.90 Å². The molecule has 156 valence electrons. The summed E-state index contributed by atoms with van der Waals surface area (Å²) in [7, 11) is 0. The van der Waals surface area contributed by atoms with Crippen LogP contribution in [-0.4, -0.2) is 61.2 Å². The zero-order chi connectivity index (χ0) is 20.2. The fraction of sp³-hybridized carbons (Fsp3) is 0.667.